The lowest BCUT2D eigenvalue weighted by Gasteiger charge is -2.19. The maximum absolute atomic E-state index is 11.0. The van der Waals surface area contributed by atoms with Crippen molar-refractivity contribution in [3.05, 3.63) is 34.3 Å². The maximum Gasteiger partial charge on any atom is 0.214 e. The number of nitrogens with zero attached hydrogens (tertiary/aromatic N) is 2. The quantitative estimate of drug-likeness (QED) is 0.373. The highest BCUT2D eigenvalue weighted by molar-refractivity contribution is 14.1. The van der Waals surface area contributed by atoms with Gasteiger partial charge in [0.15, 0.2) is 0 Å². The number of aryl methyl sites for hydroxylation is 1. The summed E-state index contributed by atoms with van der Waals surface area (Å²) in [6.07, 6.45) is 2.43. The number of pyridine rings is 1. The van der Waals surface area contributed by atoms with Gasteiger partial charge < -0.3 is 10.2 Å². The molecule has 1 N–H and O–H groups in total. The molecule has 16 heavy (non-hydrogen) atoms. The van der Waals surface area contributed by atoms with E-state index in [0.717, 1.165) is 21.5 Å². The average molecular weight is 331 g/mol. The molecule has 0 atom stereocenters. The zero-order valence-corrected chi connectivity index (χ0v) is 11.3. The minimum Gasteiger partial charge on any atom is -0.390 e. The number of halogens is 1. The lowest BCUT2D eigenvalue weighted by atomic mass is 10.3. The number of amides is 1. The second-order valence-corrected chi connectivity index (χ2v) is 4.30. The van der Waals surface area contributed by atoms with Gasteiger partial charge in [0, 0.05) is 13.1 Å². The number of rotatable bonds is 6. The summed E-state index contributed by atoms with van der Waals surface area (Å²) in [6.45, 7) is 6.72. The lowest BCUT2D eigenvalue weighted by molar-refractivity contribution is -0.107. The van der Waals surface area contributed by atoms with Crippen molar-refractivity contribution in [1.82, 2.24) is 10.3 Å². The Hall–Kier alpha value is -1.11. The molecule has 1 aromatic rings. The fourth-order valence-electron chi connectivity index (χ4n) is 1.34. The van der Waals surface area contributed by atoms with Crippen LogP contribution in [-0.4, -0.2) is 24.5 Å². The van der Waals surface area contributed by atoms with Crippen molar-refractivity contribution >= 4 is 34.7 Å². The zero-order chi connectivity index (χ0) is 12.0. The maximum atomic E-state index is 11.0. The van der Waals surface area contributed by atoms with Crippen molar-refractivity contribution in [2.75, 3.05) is 18.0 Å². The summed E-state index contributed by atoms with van der Waals surface area (Å²) in [6, 6.07) is 3.80. The molecule has 0 spiro atoms. The average Bonchev–Trinajstić information content (AvgIpc) is 2.26. The highest BCUT2D eigenvalue weighted by Crippen LogP contribution is 2.17. The summed E-state index contributed by atoms with van der Waals surface area (Å²) >= 11 is 2.15. The molecule has 1 rings (SSSR count). The van der Waals surface area contributed by atoms with Crippen LogP contribution in [0.25, 0.3) is 0 Å². The van der Waals surface area contributed by atoms with Gasteiger partial charge in [0.25, 0.3) is 0 Å². The van der Waals surface area contributed by atoms with Crippen LogP contribution in [0.1, 0.15) is 5.69 Å². The Morgan fingerprint density at radius 3 is 2.94 bits per heavy atom. The first-order valence-electron chi connectivity index (χ1n) is 4.88. The first-order chi connectivity index (χ1) is 7.69. The van der Waals surface area contributed by atoms with Gasteiger partial charge in [-0.3, -0.25) is 4.79 Å². The van der Waals surface area contributed by atoms with E-state index in [9.17, 15) is 4.79 Å². The Balaban J connectivity index is 2.78. The smallest absolute Gasteiger partial charge is 0.214 e. The van der Waals surface area contributed by atoms with Gasteiger partial charge >= 0.3 is 0 Å². The summed E-state index contributed by atoms with van der Waals surface area (Å²) in [5.74, 6) is 0. The van der Waals surface area contributed by atoms with Gasteiger partial charge in [-0.15, -0.1) is 0 Å². The van der Waals surface area contributed by atoms with E-state index in [0.29, 0.717) is 13.1 Å². The van der Waals surface area contributed by atoms with Gasteiger partial charge in [-0.25, -0.2) is 4.98 Å². The molecule has 1 heterocycles. The van der Waals surface area contributed by atoms with Crippen molar-refractivity contribution in [2.45, 2.75) is 6.92 Å². The largest absolute Gasteiger partial charge is 0.390 e. The van der Waals surface area contributed by atoms with Gasteiger partial charge in [0.2, 0.25) is 6.41 Å². The summed E-state index contributed by atoms with van der Waals surface area (Å²) < 4.78 is 0.925. The van der Waals surface area contributed by atoms with Crippen molar-refractivity contribution in [3.63, 3.8) is 0 Å². The Bertz CT molecular complexity index is 381. The molecule has 4 nitrogen and oxygen atoms in total. The predicted octanol–water partition coefficient (Wildman–Crippen LogP) is 1.69. The SMILES string of the molecule is C=CNCCN(C=O)c1ccc(I)nc1C. The fourth-order valence-corrected chi connectivity index (χ4v) is 1.89. The third-order valence-electron chi connectivity index (χ3n) is 2.10. The molecule has 0 aliphatic rings. The van der Waals surface area contributed by atoms with Crippen molar-refractivity contribution in [1.29, 1.82) is 0 Å². The monoisotopic (exact) mass is 331 g/mol. The number of carbonyl (C=O) groups excluding carboxylic acids is 1. The van der Waals surface area contributed by atoms with Gasteiger partial charge in [0.05, 0.1) is 11.4 Å². The van der Waals surface area contributed by atoms with E-state index in [1.807, 2.05) is 19.1 Å². The molecular weight excluding hydrogens is 317 g/mol. The van der Waals surface area contributed by atoms with Gasteiger partial charge in [0.1, 0.15) is 3.70 Å². The Morgan fingerprint density at radius 1 is 1.62 bits per heavy atom. The third-order valence-corrected chi connectivity index (χ3v) is 2.70. The summed E-state index contributed by atoms with van der Waals surface area (Å²) in [4.78, 5) is 16.9. The molecular formula is C11H14IN3O. The van der Waals surface area contributed by atoms with Crippen LogP contribution in [0.3, 0.4) is 0 Å². The third kappa shape index (κ3) is 3.48. The summed E-state index contributed by atoms with van der Waals surface area (Å²) in [5, 5.41) is 2.96. The highest BCUT2D eigenvalue weighted by Gasteiger charge is 2.08. The second kappa shape index (κ2) is 6.47. The number of aromatic nitrogens is 1. The van der Waals surface area contributed by atoms with Crippen LogP contribution in [0, 0.1) is 10.6 Å². The summed E-state index contributed by atoms with van der Waals surface area (Å²) in [5.41, 5.74) is 1.71. The molecule has 0 saturated carbocycles. The van der Waals surface area contributed by atoms with Crippen LogP contribution in [0.4, 0.5) is 5.69 Å². The van der Waals surface area contributed by atoms with E-state index in [1.165, 1.54) is 0 Å². The molecule has 0 unspecified atom stereocenters. The van der Waals surface area contributed by atoms with Gasteiger partial charge in [-0.1, -0.05) is 6.58 Å². The van der Waals surface area contributed by atoms with E-state index in [1.54, 1.807) is 11.1 Å². The Morgan fingerprint density at radius 2 is 2.38 bits per heavy atom. The Kier molecular flexibility index (Phi) is 5.24. The minimum atomic E-state index is 0.596. The molecule has 0 saturated heterocycles. The van der Waals surface area contributed by atoms with Crippen LogP contribution < -0.4 is 10.2 Å². The molecule has 0 radical (unpaired) electrons. The normalized spacial score (nSPS) is 9.62. The van der Waals surface area contributed by atoms with Crippen molar-refractivity contribution in [2.24, 2.45) is 0 Å². The topological polar surface area (TPSA) is 45.2 Å². The predicted molar refractivity (Wildman–Crippen MR) is 73.3 cm³/mol. The summed E-state index contributed by atoms with van der Waals surface area (Å²) in [7, 11) is 0. The number of anilines is 1. The second-order valence-electron chi connectivity index (χ2n) is 3.20. The van der Waals surface area contributed by atoms with Crippen LogP contribution >= 0.6 is 22.6 Å². The molecule has 86 valence electrons. The van der Waals surface area contributed by atoms with Gasteiger partial charge in [-0.05, 0) is 47.8 Å². The number of carbonyl (C=O) groups is 1. The standard InChI is InChI=1S/C11H14IN3O/c1-3-13-6-7-15(8-16)10-4-5-11(12)14-9(10)2/h3-5,8,13H,1,6-7H2,2H3. The number of hydrogen-bond acceptors (Lipinski definition) is 3. The van der Waals surface area contributed by atoms with Crippen LogP contribution in [0.5, 0.6) is 0 Å². The molecule has 0 bridgehead atoms. The molecule has 0 fully saturated rings. The lowest BCUT2D eigenvalue weighted by Crippen LogP contribution is -2.29. The molecule has 1 amide bonds. The molecule has 0 aromatic carbocycles. The van der Waals surface area contributed by atoms with E-state index in [4.69, 9.17) is 0 Å². The van der Waals surface area contributed by atoms with Crippen molar-refractivity contribution < 1.29 is 4.79 Å². The van der Waals surface area contributed by atoms with E-state index in [2.05, 4.69) is 39.5 Å². The Labute approximate surface area is 109 Å². The van der Waals surface area contributed by atoms with E-state index >= 15 is 0 Å². The van der Waals surface area contributed by atoms with E-state index < -0.39 is 0 Å². The molecule has 0 aliphatic heterocycles. The molecule has 5 heteroatoms. The van der Waals surface area contributed by atoms with Crippen molar-refractivity contribution in [3.8, 4) is 0 Å². The molecule has 1 aromatic heterocycles. The highest BCUT2D eigenvalue weighted by atomic mass is 127. The number of hydrogen-bond donors (Lipinski definition) is 1. The first-order valence-corrected chi connectivity index (χ1v) is 5.96. The fraction of sp³-hybridized carbons (Fsp3) is 0.273. The van der Waals surface area contributed by atoms with Gasteiger partial charge in [-0.2, -0.15) is 0 Å². The molecule has 0 aliphatic carbocycles. The van der Waals surface area contributed by atoms with E-state index in [-0.39, 0.29) is 0 Å². The van der Waals surface area contributed by atoms with Crippen LogP contribution in [0.2, 0.25) is 0 Å². The number of nitrogens with one attached hydrogen (secondary N) is 1. The van der Waals surface area contributed by atoms with Crippen LogP contribution in [-0.2, 0) is 4.79 Å². The first kappa shape index (κ1) is 13.0. The zero-order valence-electron chi connectivity index (χ0n) is 9.11. The van der Waals surface area contributed by atoms with Crippen LogP contribution in [0.15, 0.2) is 24.9 Å². The minimum absolute atomic E-state index is 0.596.